The number of carbonyl (C=O) groups is 2. The second kappa shape index (κ2) is 7.78. The number of fused-ring (bicyclic) bond motifs is 1. The van der Waals surface area contributed by atoms with Gasteiger partial charge in [0.1, 0.15) is 0 Å². The van der Waals surface area contributed by atoms with Crippen LogP contribution in [0.1, 0.15) is 29.6 Å². The van der Waals surface area contributed by atoms with Gasteiger partial charge in [-0.1, -0.05) is 30.3 Å². The predicted molar refractivity (Wildman–Crippen MR) is 120 cm³/mol. The fraction of sp³-hybridized carbons (Fsp3) is 0.320. The van der Waals surface area contributed by atoms with Gasteiger partial charge in [-0.2, -0.15) is 0 Å². The molecule has 2 heterocycles. The lowest BCUT2D eigenvalue weighted by molar-refractivity contribution is -0.141. The Hall–Kier alpha value is -3.25. The number of pyridine rings is 1. The van der Waals surface area contributed by atoms with E-state index in [4.69, 9.17) is 5.73 Å². The number of rotatable bonds is 3. The average Bonchev–Trinajstić information content (AvgIpc) is 2.81. The minimum atomic E-state index is -0.667. The highest BCUT2D eigenvalue weighted by atomic mass is 16.2. The minimum Gasteiger partial charge on any atom is -0.338 e. The maximum absolute atomic E-state index is 12.9. The normalized spacial score (nSPS) is 18.0. The number of amides is 2. The maximum atomic E-state index is 12.9. The van der Waals surface area contributed by atoms with Crippen molar-refractivity contribution in [2.75, 3.05) is 26.2 Å². The van der Waals surface area contributed by atoms with Gasteiger partial charge in [-0.3, -0.25) is 14.6 Å². The zero-order valence-electron chi connectivity index (χ0n) is 17.5. The molecule has 2 amide bonds. The molecular formula is C25H26N4O2. The van der Waals surface area contributed by atoms with Crippen LogP contribution in [0.5, 0.6) is 0 Å². The molecule has 2 fully saturated rings. The minimum absolute atomic E-state index is 0.00129. The monoisotopic (exact) mass is 414 g/mol. The standard InChI is InChI=1S/C25H26N4O2/c26-25(10-3-11-25)24(31)29-14-12-28(13-15-29)23(30)19-8-6-18(7-9-19)21-16-20-4-1-2-5-22(20)27-17-21/h1-2,4-9,16-17H,3,10-15,26H2. The van der Waals surface area contributed by atoms with Crippen molar-refractivity contribution in [2.24, 2.45) is 5.73 Å². The Morgan fingerprint density at radius 3 is 2.23 bits per heavy atom. The van der Waals surface area contributed by atoms with Crippen LogP contribution in [0.4, 0.5) is 0 Å². The van der Waals surface area contributed by atoms with Crippen LogP contribution in [0.25, 0.3) is 22.0 Å². The highest BCUT2D eigenvalue weighted by Gasteiger charge is 2.43. The summed E-state index contributed by atoms with van der Waals surface area (Å²) in [6.45, 7) is 2.17. The zero-order chi connectivity index (χ0) is 21.4. The number of benzene rings is 2. The first kappa shape index (κ1) is 19.7. The van der Waals surface area contributed by atoms with E-state index in [2.05, 4.69) is 11.1 Å². The quantitative estimate of drug-likeness (QED) is 0.714. The summed E-state index contributed by atoms with van der Waals surface area (Å²) in [6, 6.07) is 17.8. The SMILES string of the molecule is NC1(C(=O)N2CCN(C(=O)c3ccc(-c4cnc5ccccc5c4)cc3)CC2)CCC1. The van der Waals surface area contributed by atoms with E-state index in [0.29, 0.717) is 31.7 Å². The number of carbonyl (C=O) groups excluding carboxylic acids is 2. The van der Waals surface area contributed by atoms with Crippen molar-refractivity contribution in [3.05, 3.63) is 66.4 Å². The van der Waals surface area contributed by atoms with Crippen LogP contribution >= 0.6 is 0 Å². The Kier molecular flexibility index (Phi) is 4.94. The molecular weight excluding hydrogens is 388 g/mol. The van der Waals surface area contributed by atoms with Gasteiger partial charge in [0.05, 0.1) is 11.1 Å². The summed E-state index contributed by atoms with van der Waals surface area (Å²) in [5.41, 5.74) is 9.19. The molecule has 31 heavy (non-hydrogen) atoms. The fourth-order valence-corrected chi connectivity index (χ4v) is 4.42. The molecule has 1 aliphatic carbocycles. The molecule has 0 spiro atoms. The molecule has 158 valence electrons. The molecule has 1 aliphatic heterocycles. The number of hydrogen-bond acceptors (Lipinski definition) is 4. The first-order chi connectivity index (χ1) is 15.0. The number of aromatic nitrogens is 1. The van der Waals surface area contributed by atoms with Crippen LogP contribution in [0.15, 0.2) is 60.8 Å². The van der Waals surface area contributed by atoms with Crippen molar-refractivity contribution in [2.45, 2.75) is 24.8 Å². The van der Waals surface area contributed by atoms with Crippen LogP contribution in [0, 0.1) is 0 Å². The molecule has 6 nitrogen and oxygen atoms in total. The Morgan fingerprint density at radius 2 is 1.55 bits per heavy atom. The highest BCUT2D eigenvalue weighted by Crippen LogP contribution is 2.31. The van der Waals surface area contributed by atoms with E-state index in [9.17, 15) is 9.59 Å². The van der Waals surface area contributed by atoms with Crippen LogP contribution in [0.2, 0.25) is 0 Å². The molecule has 2 N–H and O–H groups in total. The van der Waals surface area contributed by atoms with Crippen molar-refractivity contribution >= 4 is 22.7 Å². The summed E-state index contributed by atoms with van der Waals surface area (Å²) in [6.07, 6.45) is 4.42. The number of hydrogen-bond donors (Lipinski definition) is 1. The van der Waals surface area contributed by atoms with Crippen LogP contribution in [0.3, 0.4) is 0 Å². The van der Waals surface area contributed by atoms with E-state index < -0.39 is 5.54 Å². The van der Waals surface area contributed by atoms with E-state index in [1.54, 1.807) is 0 Å². The summed E-state index contributed by atoms with van der Waals surface area (Å²) in [5.74, 6) is 0.0422. The zero-order valence-corrected chi connectivity index (χ0v) is 17.5. The molecule has 5 rings (SSSR count). The van der Waals surface area contributed by atoms with Gasteiger partial charge in [0, 0.05) is 48.9 Å². The fourth-order valence-electron chi connectivity index (χ4n) is 4.42. The number of nitrogens with zero attached hydrogens (tertiary/aromatic N) is 3. The first-order valence-electron chi connectivity index (χ1n) is 10.9. The number of para-hydroxylation sites is 1. The van der Waals surface area contributed by atoms with Gasteiger partial charge in [0.25, 0.3) is 5.91 Å². The molecule has 2 aliphatic rings. The summed E-state index contributed by atoms with van der Waals surface area (Å²) >= 11 is 0. The molecule has 2 aromatic carbocycles. The van der Waals surface area contributed by atoms with Crippen molar-refractivity contribution < 1.29 is 9.59 Å². The molecule has 1 saturated carbocycles. The molecule has 6 heteroatoms. The average molecular weight is 415 g/mol. The molecule has 0 unspecified atom stereocenters. The van der Waals surface area contributed by atoms with Crippen LogP contribution < -0.4 is 5.73 Å². The molecule has 0 radical (unpaired) electrons. The summed E-state index contributed by atoms with van der Waals surface area (Å²) in [7, 11) is 0. The molecule has 3 aromatic rings. The molecule has 1 aromatic heterocycles. The van der Waals surface area contributed by atoms with Crippen molar-refractivity contribution in [3.8, 4) is 11.1 Å². The summed E-state index contributed by atoms with van der Waals surface area (Å²) in [4.78, 5) is 33.7. The predicted octanol–water partition coefficient (Wildman–Crippen LogP) is 3.07. The Balaban J connectivity index is 1.24. The van der Waals surface area contributed by atoms with Crippen molar-refractivity contribution in [1.29, 1.82) is 0 Å². The van der Waals surface area contributed by atoms with Gasteiger partial charge in [-0.05, 0) is 49.1 Å². The van der Waals surface area contributed by atoms with Crippen LogP contribution in [-0.2, 0) is 4.79 Å². The number of nitrogens with two attached hydrogens (primary N) is 1. The van der Waals surface area contributed by atoms with Gasteiger partial charge in [0.2, 0.25) is 5.91 Å². The van der Waals surface area contributed by atoms with Gasteiger partial charge in [-0.25, -0.2) is 0 Å². The van der Waals surface area contributed by atoms with Crippen molar-refractivity contribution in [3.63, 3.8) is 0 Å². The van der Waals surface area contributed by atoms with Crippen molar-refractivity contribution in [1.82, 2.24) is 14.8 Å². The Morgan fingerprint density at radius 1 is 0.871 bits per heavy atom. The van der Waals surface area contributed by atoms with E-state index in [0.717, 1.165) is 41.3 Å². The molecule has 1 saturated heterocycles. The van der Waals surface area contributed by atoms with Gasteiger partial charge >= 0.3 is 0 Å². The topological polar surface area (TPSA) is 79.5 Å². The number of piperazine rings is 1. The van der Waals surface area contributed by atoms with Crippen LogP contribution in [-0.4, -0.2) is 58.3 Å². The lowest BCUT2D eigenvalue weighted by Crippen LogP contribution is -2.62. The smallest absolute Gasteiger partial charge is 0.253 e. The van der Waals surface area contributed by atoms with E-state index in [1.807, 2.05) is 64.5 Å². The molecule has 0 atom stereocenters. The summed E-state index contributed by atoms with van der Waals surface area (Å²) in [5, 5.41) is 1.09. The summed E-state index contributed by atoms with van der Waals surface area (Å²) < 4.78 is 0. The Bertz CT molecular complexity index is 1130. The van der Waals surface area contributed by atoms with E-state index in [-0.39, 0.29) is 11.8 Å². The van der Waals surface area contributed by atoms with Gasteiger partial charge in [-0.15, -0.1) is 0 Å². The second-order valence-electron chi connectivity index (χ2n) is 8.59. The lowest BCUT2D eigenvalue weighted by atomic mass is 9.76. The lowest BCUT2D eigenvalue weighted by Gasteiger charge is -2.43. The van der Waals surface area contributed by atoms with Gasteiger partial charge in [0.15, 0.2) is 0 Å². The third kappa shape index (κ3) is 3.68. The molecule has 0 bridgehead atoms. The first-order valence-corrected chi connectivity index (χ1v) is 10.9. The van der Waals surface area contributed by atoms with E-state index in [1.165, 1.54) is 0 Å². The van der Waals surface area contributed by atoms with E-state index >= 15 is 0 Å². The highest BCUT2D eigenvalue weighted by molar-refractivity contribution is 5.95. The largest absolute Gasteiger partial charge is 0.338 e. The second-order valence-corrected chi connectivity index (χ2v) is 8.59. The third-order valence-electron chi connectivity index (χ3n) is 6.58. The third-order valence-corrected chi connectivity index (χ3v) is 6.58. The Labute approximate surface area is 181 Å². The maximum Gasteiger partial charge on any atom is 0.253 e. The van der Waals surface area contributed by atoms with Gasteiger partial charge < -0.3 is 15.5 Å².